The van der Waals surface area contributed by atoms with E-state index < -0.39 is 42.0 Å². The van der Waals surface area contributed by atoms with E-state index in [0.29, 0.717) is 0 Å². The molecule has 0 aliphatic carbocycles. The molecule has 1 aromatic rings. The highest BCUT2D eigenvalue weighted by Crippen LogP contribution is 2.25. The van der Waals surface area contributed by atoms with Crippen molar-refractivity contribution in [1.29, 1.82) is 0 Å². The first-order valence-corrected chi connectivity index (χ1v) is 5.22. The molecular formula is C11H10F3NO5. The van der Waals surface area contributed by atoms with E-state index in [2.05, 4.69) is 0 Å². The number of carbonyl (C=O) groups excluding carboxylic acids is 1. The fourth-order valence-electron chi connectivity index (χ4n) is 1.37. The predicted octanol–water partition coefficient (Wildman–Crippen LogP) is 0.772. The molecule has 9 heteroatoms. The van der Waals surface area contributed by atoms with Gasteiger partial charge in [0.2, 0.25) is 0 Å². The second kappa shape index (κ2) is 5.68. The second-order valence-corrected chi connectivity index (χ2v) is 3.89. The van der Waals surface area contributed by atoms with E-state index >= 15 is 0 Å². The Kier molecular flexibility index (Phi) is 4.43. The first kappa shape index (κ1) is 15.6. The van der Waals surface area contributed by atoms with E-state index in [1.54, 1.807) is 0 Å². The van der Waals surface area contributed by atoms with Crippen LogP contribution in [0.2, 0.25) is 0 Å². The lowest BCUT2D eigenvalue weighted by molar-refractivity contribution is -0.175. The van der Waals surface area contributed by atoms with Crippen molar-refractivity contribution in [3.8, 4) is 11.5 Å². The number of nitrogens with one attached hydrogen (secondary N) is 1. The Morgan fingerprint density at radius 1 is 1.20 bits per heavy atom. The molecule has 0 aliphatic rings. The van der Waals surface area contributed by atoms with Crippen LogP contribution in [0.1, 0.15) is 5.56 Å². The lowest BCUT2D eigenvalue weighted by Crippen LogP contribution is -2.47. The molecule has 4 N–H and O–H groups in total. The van der Waals surface area contributed by atoms with E-state index in [4.69, 9.17) is 10.2 Å². The van der Waals surface area contributed by atoms with Gasteiger partial charge in [0.05, 0.1) is 0 Å². The average Bonchev–Trinajstić information content (AvgIpc) is 2.31. The molecule has 0 saturated carbocycles. The van der Waals surface area contributed by atoms with Crippen molar-refractivity contribution < 1.29 is 38.1 Å². The smallest absolute Gasteiger partial charge is 0.471 e. The van der Waals surface area contributed by atoms with Crippen LogP contribution in [0.3, 0.4) is 0 Å². The summed E-state index contributed by atoms with van der Waals surface area (Å²) in [5, 5.41) is 28.4. The number of rotatable bonds is 4. The zero-order chi connectivity index (χ0) is 15.5. The maximum absolute atomic E-state index is 12.1. The zero-order valence-electron chi connectivity index (χ0n) is 9.81. The number of carboxylic acids is 1. The molecule has 6 nitrogen and oxygen atoms in total. The highest BCUT2D eigenvalue weighted by molar-refractivity contribution is 5.87. The number of halogens is 3. The number of carboxylic acid groups (broad SMARTS) is 1. The minimum atomic E-state index is -5.19. The molecule has 20 heavy (non-hydrogen) atoms. The van der Waals surface area contributed by atoms with Gasteiger partial charge in [-0.25, -0.2) is 4.79 Å². The van der Waals surface area contributed by atoms with Gasteiger partial charge >= 0.3 is 18.1 Å². The van der Waals surface area contributed by atoms with Crippen molar-refractivity contribution in [2.24, 2.45) is 0 Å². The van der Waals surface area contributed by atoms with Crippen LogP contribution in [-0.4, -0.2) is 39.4 Å². The SMILES string of the molecule is O=C(O)[C@@H](Cc1ccc(O)c(O)c1)NC(=O)C(F)(F)F. The molecule has 0 unspecified atom stereocenters. The van der Waals surface area contributed by atoms with E-state index in [9.17, 15) is 27.9 Å². The number of amides is 1. The molecule has 1 rings (SSSR count). The molecular weight excluding hydrogens is 283 g/mol. The van der Waals surface area contributed by atoms with Crippen molar-refractivity contribution in [2.45, 2.75) is 18.6 Å². The maximum atomic E-state index is 12.1. The van der Waals surface area contributed by atoms with Crippen LogP contribution in [0.5, 0.6) is 11.5 Å². The van der Waals surface area contributed by atoms with Gasteiger partial charge in [0, 0.05) is 6.42 Å². The van der Waals surface area contributed by atoms with Gasteiger partial charge in [-0.1, -0.05) is 6.07 Å². The molecule has 1 atom stereocenters. The van der Waals surface area contributed by atoms with Crippen LogP contribution < -0.4 is 5.32 Å². The Bertz CT molecular complexity index is 529. The van der Waals surface area contributed by atoms with E-state index in [-0.39, 0.29) is 5.56 Å². The normalized spacial score (nSPS) is 12.8. The third-order valence-electron chi connectivity index (χ3n) is 2.34. The summed E-state index contributed by atoms with van der Waals surface area (Å²) in [5.74, 6) is -5.03. The van der Waals surface area contributed by atoms with E-state index in [0.717, 1.165) is 12.1 Å². The standard InChI is InChI=1S/C11H10F3NO5/c12-11(13,14)10(20)15-6(9(18)19)3-5-1-2-7(16)8(17)4-5/h1-2,4,6,16-17H,3H2,(H,15,20)(H,18,19)/t6-/m1/s1. The summed E-state index contributed by atoms with van der Waals surface area (Å²) in [4.78, 5) is 21.5. The van der Waals surface area contributed by atoms with Crippen LogP contribution in [0.4, 0.5) is 13.2 Å². The average molecular weight is 293 g/mol. The molecule has 1 aromatic carbocycles. The van der Waals surface area contributed by atoms with Crippen molar-refractivity contribution in [1.82, 2.24) is 5.32 Å². The van der Waals surface area contributed by atoms with Crippen LogP contribution >= 0.6 is 0 Å². The van der Waals surface area contributed by atoms with Gasteiger partial charge in [-0.2, -0.15) is 13.2 Å². The molecule has 0 fully saturated rings. The van der Waals surface area contributed by atoms with Gasteiger partial charge in [-0.3, -0.25) is 4.79 Å². The van der Waals surface area contributed by atoms with Gasteiger partial charge < -0.3 is 20.6 Å². The number of alkyl halides is 3. The molecule has 1 amide bonds. The molecule has 0 spiro atoms. The summed E-state index contributed by atoms with van der Waals surface area (Å²) < 4.78 is 36.2. The molecule has 0 bridgehead atoms. The fraction of sp³-hybridized carbons (Fsp3) is 0.273. The zero-order valence-corrected chi connectivity index (χ0v) is 9.81. The van der Waals surface area contributed by atoms with Crippen molar-refractivity contribution in [2.75, 3.05) is 0 Å². The van der Waals surface area contributed by atoms with Crippen LogP contribution in [-0.2, 0) is 16.0 Å². The molecule has 0 aliphatic heterocycles. The number of hydrogen-bond acceptors (Lipinski definition) is 4. The van der Waals surface area contributed by atoms with Gasteiger partial charge in [-0.15, -0.1) is 0 Å². The van der Waals surface area contributed by atoms with Gasteiger partial charge in [0.25, 0.3) is 0 Å². The first-order valence-electron chi connectivity index (χ1n) is 5.22. The summed E-state index contributed by atoms with van der Waals surface area (Å²) >= 11 is 0. The van der Waals surface area contributed by atoms with Crippen molar-refractivity contribution in [3.63, 3.8) is 0 Å². The summed E-state index contributed by atoms with van der Waals surface area (Å²) in [6.45, 7) is 0. The number of carbonyl (C=O) groups is 2. The van der Waals surface area contributed by atoms with Gasteiger partial charge in [0.15, 0.2) is 11.5 Å². The number of benzene rings is 1. The van der Waals surface area contributed by atoms with Crippen LogP contribution in [0, 0.1) is 0 Å². The third-order valence-corrected chi connectivity index (χ3v) is 2.34. The molecule has 0 aromatic heterocycles. The predicted molar refractivity (Wildman–Crippen MR) is 59.1 cm³/mol. The largest absolute Gasteiger partial charge is 0.504 e. The minimum Gasteiger partial charge on any atom is -0.504 e. The minimum absolute atomic E-state index is 0.134. The molecule has 0 saturated heterocycles. The Morgan fingerprint density at radius 3 is 2.25 bits per heavy atom. The van der Waals surface area contributed by atoms with Crippen LogP contribution in [0.25, 0.3) is 0 Å². The van der Waals surface area contributed by atoms with Crippen molar-refractivity contribution >= 4 is 11.9 Å². The Morgan fingerprint density at radius 2 is 1.80 bits per heavy atom. The van der Waals surface area contributed by atoms with E-state index in [1.807, 2.05) is 0 Å². The number of hydrogen-bond donors (Lipinski definition) is 4. The topological polar surface area (TPSA) is 107 Å². The quantitative estimate of drug-likeness (QED) is 0.613. The number of phenols is 2. The highest BCUT2D eigenvalue weighted by Gasteiger charge is 2.40. The number of aliphatic carboxylic acids is 1. The fourth-order valence-corrected chi connectivity index (χ4v) is 1.37. The lowest BCUT2D eigenvalue weighted by Gasteiger charge is -2.16. The van der Waals surface area contributed by atoms with Crippen molar-refractivity contribution in [3.05, 3.63) is 23.8 Å². The lowest BCUT2D eigenvalue weighted by atomic mass is 10.1. The monoisotopic (exact) mass is 293 g/mol. The summed E-state index contributed by atoms with van der Waals surface area (Å²) in [6.07, 6.45) is -5.67. The Labute approximate surface area is 110 Å². The highest BCUT2D eigenvalue weighted by atomic mass is 19.4. The molecule has 110 valence electrons. The molecule has 0 radical (unpaired) electrons. The Hall–Kier alpha value is -2.45. The molecule has 0 heterocycles. The van der Waals surface area contributed by atoms with Gasteiger partial charge in [-0.05, 0) is 17.7 Å². The van der Waals surface area contributed by atoms with E-state index in [1.165, 1.54) is 11.4 Å². The number of phenolic OH excluding ortho intramolecular Hbond substituents is 2. The third kappa shape index (κ3) is 4.04. The van der Waals surface area contributed by atoms with Crippen LogP contribution in [0.15, 0.2) is 18.2 Å². The summed E-state index contributed by atoms with van der Waals surface area (Å²) in [7, 11) is 0. The van der Waals surface area contributed by atoms with Gasteiger partial charge in [0.1, 0.15) is 6.04 Å². The number of aromatic hydroxyl groups is 2. The maximum Gasteiger partial charge on any atom is 0.471 e. The second-order valence-electron chi connectivity index (χ2n) is 3.89. The Balaban J connectivity index is 2.85. The first-order chi connectivity index (χ1) is 9.11. The summed E-state index contributed by atoms with van der Waals surface area (Å²) in [6, 6.07) is 1.44. The summed E-state index contributed by atoms with van der Waals surface area (Å²) in [5.41, 5.74) is 0.134.